The van der Waals surface area contributed by atoms with E-state index in [4.69, 9.17) is 10.1 Å². The van der Waals surface area contributed by atoms with E-state index < -0.39 is 13.1 Å². The van der Waals surface area contributed by atoms with Crippen molar-refractivity contribution in [3.63, 3.8) is 0 Å². The number of nitrogens with one attached hydrogen (secondary N) is 2. The second kappa shape index (κ2) is 5.89. The van der Waals surface area contributed by atoms with E-state index in [0.29, 0.717) is 28.9 Å². The lowest BCUT2D eigenvalue weighted by molar-refractivity contribution is 0.0690. The minimum absolute atomic E-state index is 0.103. The Bertz CT molecular complexity index is 716. The molecule has 1 aromatic rings. The summed E-state index contributed by atoms with van der Waals surface area (Å²) in [6, 6.07) is 3.77. The average Bonchev–Trinajstić information content (AvgIpc) is 3.25. The van der Waals surface area contributed by atoms with Crippen molar-refractivity contribution in [2.24, 2.45) is 0 Å². The molecule has 1 saturated heterocycles. The molecule has 2 atom stereocenters. The van der Waals surface area contributed by atoms with Gasteiger partial charge in [0, 0.05) is 36.1 Å². The average molecular weight is 347 g/mol. The molecule has 0 radical (unpaired) electrons. The van der Waals surface area contributed by atoms with Gasteiger partial charge in [0.05, 0.1) is 0 Å². The number of fused-ring (bicyclic) bond motifs is 3. The lowest BCUT2D eigenvalue weighted by Gasteiger charge is -2.23. The molecule has 0 unspecified atom stereocenters. The number of aromatic carboxylic acids is 1. The number of carboxylic acids is 1. The molecule has 2 fully saturated rings. The van der Waals surface area contributed by atoms with Gasteiger partial charge >= 0.3 is 13.1 Å². The quantitative estimate of drug-likeness (QED) is 0.466. The number of carboxylic acid groups (broad SMARTS) is 1. The van der Waals surface area contributed by atoms with Gasteiger partial charge in [-0.3, -0.25) is 5.41 Å². The van der Waals surface area contributed by atoms with Crippen LogP contribution in [-0.4, -0.2) is 59.5 Å². The molecular weight excluding hydrogens is 329 g/mol. The van der Waals surface area contributed by atoms with Crippen LogP contribution in [0.4, 0.5) is 0 Å². The van der Waals surface area contributed by atoms with Crippen LogP contribution in [0.3, 0.4) is 0 Å². The van der Waals surface area contributed by atoms with Crippen molar-refractivity contribution in [1.29, 1.82) is 5.41 Å². The Morgan fingerprint density at radius 2 is 2.38 bits per heavy atom. The third-order valence-electron chi connectivity index (χ3n) is 4.82. The van der Waals surface area contributed by atoms with Crippen LogP contribution in [0.5, 0.6) is 5.75 Å². The lowest BCUT2D eigenvalue weighted by atomic mass is 9.77. The molecule has 9 heteroatoms. The van der Waals surface area contributed by atoms with Gasteiger partial charge in [0.15, 0.2) is 5.96 Å². The van der Waals surface area contributed by atoms with E-state index in [1.807, 2.05) is 17.0 Å². The van der Waals surface area contributed by atoms with Crippen molar-refractivity contribution < 1.29 is 19.6 Å². The maximum absolute atomic E-state index is 11.8. The Kier molecular flexibility index (Phi) is 3.84. The van der Waals surface area contributed by atoms with E-state index in [9.17, 15) is 14.9 Å². The van der Waals surface area contributed by atoms with Gasteiger partial charge in [-0.15, -0.1) is 11.8 Å². The summed E-state index contributed by atoms with van der Waals surface area (Å²) in [7, 11) is -0.906. The number of hydrogen-bond donors (Lipinski definition) is 4. The third-order valence-corrected chi connectivity index (χ3v) is 5.85. The van der Waals surface area contributed by atoms with Crippen molar-refractivity contribution in [2.75, 3.05) is 25.4 Å². The van der Waals surface area contributed by atoms with Crippen LogP contribution in [-0.2, 0) is 0 Å². The topological polar surface area (TPSA) is 106 Å². The van der Waals surface area contributed by atoms with Gasteiger partial charge in [-0.1, -0.05) is 6.07 Å². The molecule has 126 valence electrons. The van der Waals surface area contributed by atoms with E-state index in [1.165, 1.54) is 11.8 Å². The van der Waals surface area contributed by atoms with Crippen LogP contribution in [0, 0.1) is 5.41 Å². The molecule has 1 saturated carbocycles. The van der Waals surface area contributed by atoms with Gasteiger partial charge in [-0.2, -0.15) is 0 Å². The summed E-state index contributed by atoms with van der Waals surface area (Å²) in [6.07, 6.45) is 0.851. The van der Waals surface area contributed by atoms with E-state index >= 15 is 0 Å². The highest BCUT2D eigenvalue weighted by molar-refractivity contribution is 7.99. The standard InChI is InChI=1S/C15H18BN3O4S/c17-15-18-3-4-19(15)5-6-24-11-2-1-8-9-7-10(9)16(22)23-13(8)12(11)14(20)21/h1-2,9-10,22H,3-7H2,(H2,17,18)(H,20,21)/t9-,10-/m1/s1. The maximum atomic E-state index is 11.8. The fourth-order valence-electron chi connectivity index (χ4n) is 3.44. The fourth-order valence-corrected chi connectivity index (χ4v) is 4.46. The summed E-state index contributed by atoms with van der Waals surface area (Å²) >= 11 is 1.44. The summed E-state index contributed by atoms with van der Waals surface area (Å²) in [5.74, 6) is 0.720. The van der Waals surface area contributed by atoms with Crippen LogP contribution in [0.15, 0.2) is 17.0 Å². The van der Waals surface area contributed by atoms with Crippen molar-refractivity contribution >= 4 is 30.8 Å². The first-order valence-corrected chi connectivity index (χ1v) is 9.00. The van der Waals surface area contributed by atoms with Crippen LogP contribution in [0.2, 0.25) is 5.82 Å². The van der Waals surface area contributed by atoms with Gasteiger partial charge in [-0.05, 0) is 24.0 Å². The Hall–Kier alpha value is -1.87. The number of carbonyl (C=O) groups is 1. The van der Waals surface area contributed by atoms with E-state index in [0.717, 1.165) is 25.1 Å². The zero-order chi connectivity index (χ0) is 16.8. The Morgan fingerprint density at radius 3 is 3.08 bits per heavy atom. The minimum Gasteiger partial charge on any atom is -0.535 e. The number of rotatable bonds is 5. The van der Waals surface area contributed by atoms with Gasteiger partial charge in [0.1, 0.15) is 11.3 Å². The van der Waals surface area contributed by atoms with Gasteiger partial charge in [0.25, 0.3) is 0 Å². The van der Waals surface area contributed by atoms with Gasteiger partial charge in [-0.25, -0.2) is 4.79 Å². The molecule has 4 rings (SSSR count). The van der Waals surface area contributed by atoms with E-state index in [2.05, 4.69) is 5.32 Å². The van der Waals surface area contributed by atoms with Crippen molar-refractivity contribution in [3.8, 4) is 5.75 Å². The molecule has 4 N–H and O–H groups in total. The summed E-state index contributed by atoms with van der Waals surface area (Å²) in [6.45, 7) is 2.26. The summed E-state index contributed by atoms with van der Waals surface area (Å²) < 4.78 is 5.52. The first-order chi connectivity index (χ1) is 11.6. The number of guanidine groups is 1. The molecule has 1 aliphatic carbocycles. The van der Waals surface area contributed by atoms with Crippen LogP contribution < -0.4 is 9.97 Å². The fraction of sp³-hybridized carbons (Fsp3) is 0.467. The van der Waals surface area contributed by atoms with E-state index in [1.54, 1.807) is 0 Å². The highest BCUT2D eigenvalue weighted by Crippen LogP contribution is 2.60. The molecule has 0 bridgehead atoms. The molecule has 0 spiro atoms. The van der Waals surface area contributed by atoms with E-state index in [-0.39, 0.29) is 17.3 Å². The zero-order valence-electron chi connectivity index (χ0n) is 13.0. The van der Waals surface area contributed by atoms with Gasteiger partial charge < -0.3 is 25.0 Å². The summed E-state index contributed by atoms with van der Waals surface area (Å²) in [4.78, 5) is 14.3. The molecule has 0 aromatic heterocycles. The Morgan fingerprint density at radius 1 is 1.54 bits per heavy atom. The molecule has 0 amide bonds. The highest BCUT2D eigenvalue weighted by atomic mass is 32.2. The third kappa shape index (κ3) is 2.61. The SMILES string of the molecule is N=C1NCCN1CCSc1ccc2c(c1C(=O)O)OB(O)[C@@H]1C[C@H]21. The largest absolute Gasteiger partial charge is 0.535 e. The summed E-state index contributed by atoms with van der Waals surface area (Å²) in [5.41, 5.74) is 1.05. The number of nitrogens with zero attached hydrogens (tertiary/aromatic N) is 1. The molecule has 7 nitrogen and oxygen atoms in total. The zero-order valence-corrected chi connectivity index (χ0v) is 13.8. The Balaban J connectivity index is 1.54. The first kappa shape index (κ1) is 15.7. The molecule has 2 aliphatic heterocycles. The number of benzene rings is 1. The van der Waals surface area contributed by atoms with Crippen molar-refractivity contribution in [2.45, 2.75) is 23.1 Å². The Labute approximate surface area is 144 Å². The lowest BCUT2D eigenvalue weighted by Crippen LogP contribution is -2.30. The normalized spacial score (nSPS) is 24.1. The smallest absolute Gasteiger partial charge is 0.526 e. The monoisotopic (exact) mass is 347 g/mol. The van der Waals surface area contributed by atoms with Crippen LogP contribution >= 0.6 is 11.8 Å². The maximum Gasteiger partial charge on any atom is 0.526 e. The van der Waals surface area contributed by atoms with Crippen LogP contribution in [0.1, 0.15) is 28.3 Å². The predicted molar refractivity (Wildman–Crippen MR) is 91.1 cm³/mol. The summed E-state index contributed by atoms with van der Waals surface area (Å²) in [5, 5.41) is 30.3. The molecule has 2 heterocycles. The number of thioether (sulfide) groups is 1. The van der Waals surface area contributed by atoms with Crippen LogP contribution in [0.25, 0.3) is 0 Å². The minimum atomic E-state index is -1.03. The van der Waals surface area contributed by atoms with Crippen molar-refractivity contribution in [3.05, 3.63) is 23.3 Å². The molecular formula is C15H18BN3O4S. The molecule has 24 heavy (non-hydrogen) atoms. The molecule has 3 aliphatic rings. The highest BCUT2D eigenvalue weighted by Gasteiger charge is 2.54. The number of hydrogen-bond acceptors (Lipinski definition) is 5. The van der Waals surface area contributed by atoms with Gasteiger partial charge in [0.2, 0.25) is 0 Å². The predicted octanol–water partition coefficient (Wildman–Crippen LogP) is 1.05. The first-order valence-electron chi connectivity index (χ1n) is 8.01. The second-order valence-electron chi connectivity index (χ2n) is 6.29. The van der Waals surface area contributed by atoms with Crippen molar-refractivity contribution in [1.82, 2.24) is 10.2 Å². The molecule has 1 aromatic carbocycles. The second-order valence-corrected chi connectivity index (χ2v) is 7.42.